The first-order valence-electron chi connectivity index (χ1n) is 8.54. The van der Waals surface area contributed by atoms with Crippen molar-refractivity contribution in [3.8, 4) is 17.2 Å². The van der Waals surface area contributed by atoms with Crippen molar-refractivity contribution in [1.82, 2.24) is 0 Å². The average molecular weight is 421 g/mol. The molecular formula is C22H22Cl2O4. The minimum absolute atomic E-state index is 0.275. The molecule has 6 heteroatoms. The minimum atomic E-state index is -0.275. The maximum atomic E-state index is 12.9. The molecule has 0 aliphatic heterocycles. The van der Waals surface area contributed by atoms with E-state index >= 15 is 0 Å². The summed E-state index contributed by atoms with van der Waals surface area (Å²) in [4.78, 5) is 12.9. The van der Waals surface area contributed by atoms with Gasteiger partial charge in [-0.15, -0.1) is 0 Å². The molecule has 0 unspecified atom stereocenters. The summed E-state index contributed by atoms with van der Waals surface area (Å²) in [5, 5.41) is 0.986. The molecule has 0 heterocycles. The van der Waals surface area contributed by atoms with Crippen LogP contribution in [0.4, 0.5) is 0 Å². The van der Waals surface area contributed by atoms with Gasteiger partial charge in [-0.1, -0.05) is 34.9 Å². The molecule has 0 amide bonds. The molecule has 0 aliphatic carbocycles. The van der Waals surface area contributed by atoms with E-state index < -0.39 is 0 Å². The summed E-state index contributed by atoms with van der Waals surface area (Å²) in [6.07, 6.45) is 4.99. The van der Waals surface area contributed by atoms with Crippen LogP contribution in [0.15, 0.2) is 48.1 Å². The van der Waals surface area contributed by atoms with Crippen molar-refractivity contribution in [3.05, 3.63) is 69.2 Å². The molecule has 2 aromatic carbocycles. The number of halogens is 2. The molecule has 0 fully saturated rings. The number of ketones is 1. The summed E-state index contributed by atoms with van der Waals surface area (Å²) < 4.78 is 16.5. The van der Waals surface area contributed by atoms with Gasteiger partial charge in [-0.2, -0.15) is 0 Å². The molecule has 4 nitrogen and oxygen atoms in total. The Morgan fingerprint density at radius 3 is 2.18 bits per heavy atom. The summed E-state index contributed by atoms with van der Waals surface area (Å²) in [7, 11) is 3.03. The lowest BCUT2D eigenvalue weighted by Gasteiger charge is -2.14. The first-order chi connectivity index (χ1) is 13.3. The molecule has 0 N–H and O–H groups in total. The first kappa shape index (κ1) is 21.9. The summed E-state index contributed by atoms with van der Waals surface area (Å²) in [5.41, 5.74) is 2.14. The molecule has 0 spiro atoms. The van der Waals surface area contributed by atoms with Crippen LogP contribution in [0.25, 0.3) is 6.08 Å². The van der Waals surface area contributed by atoms with E-state index in [1.165, 1.54) is 13.2 Å². The van der Waals surface area contributed by atoms with E-state index in [0.29, 0.717) is 45.0 Å². The van der Waals surface area contributed by atoms with Crippen LogP contribution in [0.2, 0.25) is 10.0 Å². The van der Waals surface area contributed by atoms with Gasteiger partial charge in [-0.25, -0.2) is 0 Å². The fraction of sp³-hybridized carbons (Fsp3) is 0.227. The topological polar surface area (TPSA) is 44.8 Å². The van der Waals surface area contributed by atoms with E-state index in [1.54, 1.807) is 43.5 Å². The van der Waals surface area contributed by atoms with Gasteiger partial charge in [-0.05, 0) is 49.8 Å². The van der Waals surface area contributed by atoms with Crippen molar-refractivity contribution < 1.29 is 19.0 Å². The summed E-state index contributed by atoms with van der Waals surface area (Å²) in [5.74, 6) is 1.01. The largest absolute Gasteiger partial charge is 0.496 e. The lowest BCUT2D eigenvalue weighted by Crippen LogP contribution is -2.06. The number of carbonyl (C=O) groups is 1. The van der Waals surface area contributed by atoms with Crippen molar-refractivity contribution in [2.45, 2.75) is 13.8 Å². The highest BCUT2D eigenvalue weighted by Gasteiger charge is 2.19. The standard InChI is InChI=1S/C22H22Cl2O4/c1-14(2)7-8-28-21-13-18(26-3)12-20(27-4)22(21)19(25)6-5-15-9-16(23)11-17(24)10-15/h5-7,9-13H,8H2,1-4H3/b6-5+. The van der Waals surface area contributed by atoms with Gasteiger partial charge in [0.15, 0.2) is 5.78 Å². The van der Waals surface area contributed by atoms with E-state index in [4.69, 9.17) is 37.4 Å². The third-order valence-electron chi connectivity index (χ3n) is 3.78. The number of benzene rings is 2. The van der Waals surface area contributed by atoms with E-state index in [9.17, 15) is 4.79 Å². The lowest BCUT2D eigenvalue weighted by molar-refractivity contribution is 0.104. The van der Waals surface area contributed by atoms with Gasteiger partial charge in [0.2, 0.25) is 0 Å². The number of hydrogen-bond donors (Lipinski definition) is 0. The normalized spacial score (nSPS) is 10.6. The molecule has 0 aliphatic rings. The van der Waals surface area contributed by atoms with Crippen molar-refractivity contribution in [2.24, 2.45) is 0 Å². The molecule has 0 saturated heterocycles. The van der Waals surface area contributed by atoms with Gasteiger partial charge >= 0.3 is 0 Å². The Labute approximate surface area is 175 Å². The van der Waals surface area contributed by atoms with E-state index in [0.717, 1.165) is 5.57 Å². The van der Waals surface area contributed by atoms with E-state index in [-0.39, 0.29) is 5.78 Å². The van der Waals surface area contributed by atoms with Gasteiger partial charge in [0.05, 0.1) is 14.2 Å². The Hall–Kier alpha value is -2.43. The van der Waals surface area contributed by atoms with Gasteiger partial charge in [-0.3, -0.25) is 4.79 Å². The van der Waals surface area contributed by atoms with Crippen molar-refractivity contribution in [2.75, 3.05) is 20.8 Å². The zero-order valence-electron chi connectivity index (χ0n) is 16.2. The molecule has 0 bridgehead atoms. The molecule has 2 rings (SSSR count). The average Bonchev–Trinajstić information content (AvgIpc) is 2.64. The molecular weight excluding hydrogens is 399 g/mol. The second-order valence-electron chi connectivity index (χ2n) is 6.20. The molecule has 28 heavy (non-hydrogen) atoms. The maximum Gasteiger partial charge on any atom is 0.193 e. The highest BCUT2D eigenvalue weighted by Crippen LogP contribution is 2.35. The fourth-order valence-corrected chi connectivity index (χ4v) is 2.97. The second kappa shape index (κ2) is 10.2. The Morgan fingerprint density at radius 2 is 1.61 bits per heavy atom. The summed E-state index contributed by atoms with van der Waals surface area (Å²) >= 11 is 12.0. The van der Waals surface area contributed by atoms with Crippen molar-refractivity contribution in [1.29, 1.82) is 0 Å². The van der Waals surface area contributed by atoms with Crippen LogP contribution in [0, 0.1) is 0 Å². The van der Waals surface area contributed by atoms with Crippen LogP contribution in [0.1, 0.15) is 29.8 Å². The predicted octanol–water partition coefficient (Wildman–Crippen LogP) is 6.25. The fourth-order valence-electron chi connectivity index (χ4n) is 2.43. The van der Waals surface area contributed by atoms with Crippen molar-refractivity contribution >= 4 is 35.1 Å². The van der Waals surface area contributed by atoms with Crippen LogP contribution >= 0.6 is 23.2 Å². The van der Waals surface area contributed by atoms with Gasteiger partial charge in [0.25, 0.3) is 0 Å². The lowest BCUT2D eigenvalue weighted by atomic mass is 10.1. The number of hydrogen-bond acceptors (Lipinski definition) is 4. The van der Waals surface area contributed by atoms with Gasteiger partial charge < -0.3 is 14.2 Å². The number of carbonyl (C=O) groups excluding carboxylic acids is 1. The smallest absolute Gasteiger partial charge is 0.193 e. The predicted molar refractivity (Wildman–Crippen MR) is 114 cm³/mol. The molecule has 0 saturated carbocycles. The number of methoxy groups -OCH3 is 2. The number of allylic oxidation sites excluding steroid dienone is 2. The summed E-state index contributed by atoms with van der Waals surface area (Å²) in [6, 6.07) is 8.37. The molecule has 2 aromatic rings. The number of rotatable bonds is 8. The van der Waals surface area contributed by atoms with Crippen LogP contribution < -0.4 is 14.2 Å². The van der Waals surface area contributed by atoms with Gasteiger partial charge in [0.1, 0.15) is 29.4 Å². The summed E-state index contributed by atoms with van der Waals surface area (Å²) in [6.45, 7) is 4.27. The molecule has 148 valence electrons. The van der Waals surface area contributed by atoms with Crippen LogP contribution in [0.5, 0.6) is 17.2 Å². The third kappa shape index (κ3) is 6.04. The monoisotopic (exact) mass is 420 g/mol. The third-order valence-corrected chi connectivity index (χ3v) is 4.22. The Kier molecular flexibility index (Phi) is 7.97. The number of ether oxygens (including phenoxy) is 3. The minimum Gasteiger partial charge on any atom is -0.496 e. The zero-order valence-corrected chi connectivity index (χ0v) is 17.7. The first-order valence-corrected chi connectivity index (χ1v) is 9.30. The highest BCUT2D eigenvalue weighted by atomic mass is 35.5. The van der Waals surface area contributed by atoms with Crippen molar-refractivity contribution in [3.63, 3.8) is 0 Å². The maximum absolute atomic E-state index is 12.9. The molecule has 0 radical (unpaired) electrons. The second-order valence-corrected chi connectivity index (χ2v) is 7.07. The van der Waals surface area contributed by atoms with Crippen LogP contribution in [0.3, 0.4) is 0 Å². The SMILES string of the molecule is COc1cc(OC)c(C(=O)/C=C/c2cc(Cl)cc(Cl)c2)c(OCC=C(C)C)c1. The van der Waals surface area contributed by atoms with E-state index in [2.05, 4.69) is 0 Å². The quantitative estimate of drug-likeness (QED) is 0.287. The zero-order chi connectivity index (χ0) is 20.7. The molecule has 0 atom stereocenters. The highest BCUT2D eigenvalue weighted by molar-refractivity contribution is 6.34. The van der Waals surface area contributed by atoms with Crippen LogP contribution in [-0.2, 0) is 0 Å². The van der Waals surface area contributed by atoms with E-state index in [1.807, 2.05) is 19.9 Å². The Balaban J connectivity index is 2.41. The Morgan fingerprint density at radius 1 is 0.964 bits per heavy atom. The Bertz CT molecular complexity index is 893. The van der Waals surface area contributed by atoms with Gasteiger partial charge in [0, 0.05) is 22.2 Å². The molecule has 0 aromatic heterocycles. The van der Waals surface area contributed by atoms with Crippen LogP contribution in [-0.4, -0.2) is 26.6 Å².